The lowest BCUT2D eigenvalue weighted by atomic mass is 10.1. The van der Waals surface area contributed by atoms with Crippen molar-refractivity contribution >= 4 is 18.3 Å². The number of benzene rings is 1. The lowest BCUT2D eigenvalue weighted by Crippen LogP contribution is -2.50. The molecule has 1 atom stereocenters. The summed E-state index contributed by atoms with van der Waals surface area (Å²) in [6.07, 6.45) is 3.71. The summed E-state index contributed by atoms with van der Waals surface area (Å²) in [6, 6.07) is 5.53. The molecule has 1 unspecified atom stereocenters. The lowest BCUT2D eigenvalue weighted by Gasteiger charge is -2.35. The second-order valence-electron chi connectivity index (χ2n) is 6.80. The van der Waals surface area contributed by atoms with Crippen LogP contribution in [0.1, 0.15) is 11.9 Å². The Labute approximate surface area is 175 Å². The molecule has 1 saturated heterocycles. The van der Waals surface area contributed by atoms with Gasteiger partial charge in [-0.05, 0) is 12.1 Å². The molecule has 2 aliphatic heterocycles. The lowest BCUT2D eigenvalue weighted by molar-refractivity contribution is -0.123. The molecule has 0 radical (unpaired) electrons. The highest BCUT2D eigenvalue weighted by Gasteiger charge is 2.28. The van der Waals surface area contributed by atoms with Gasteiger partial charge in [0.25, 0.3) is 0 Å². The predicted molar refractivity (Wildman–Crippen MR) is 109 cm³/mol. The van der Waals surface area contributed by atoms with Gasteiger partial charge < -0.3 is 29.4 Å². The Morgan fingerprint density at radius 1 is 1.38 bits per heavy atom. The van der Waals surface area contributed by atoms with Crippen LogP contribution in [0.2, 0.25) is 0 Å². The summed E-state index contributed by atoms with van der Waals surface area (Å²) in [4.78, 5) is 19.0. The van der Waals surface area contributed by atoms with Crippen molar-refractivity contribution in [3.05, 3.63) is 36.4 Å². The van der Waals surface area contributed by atoms with Crippen LogP contribution in [0.25, 0.3) is 0 Å². The van der Waals surface area contributed by atoms with Crippen molar-refractivity contribution in [3.63, 3.8) is 0 Å². The van der Waals surface area contributed by atoms with E-state index in [1.54, 1.807) is 12.3 Å². The van der Waals surface area contributed by atoms with E-state index in [0.29, 0.717) is 31.2 Å². The number of ether oxygens (including phenoxy) is 3. The van der Waals surface area contributed by atoms with Crippen LogP contribution in [0.3, 0.4) is 0 Å². The number of carbonyl (C=O) groups is 1. The van der Waals surface area contributed by atoms with Gasteiger partial charge in [0.2, 0.25) is 12.7 Å². The molecule has 158 valence electrons. The summed E-state index contributed by atoms with van der Waals surface area (Å²) in [6.45, 7) is 3.84. The number of hydrogen-bond acceptors (Lipinski definition) is 7. The molecule has 0 bridgehead atoms. The van der Waals surface area contributed by atoms with E-state index in [1.165, 1.54) is 0 Å². The van der Waals surface area contributed by atoms with Gasteiger partial charge in [-0.2, -0.15) is 0 Å². The fraction of sp³-hybridized carbons (Fsp3) is 0.474. The fourth-order valence-corrected chi connectivity index (χ4v) is 3.45. The molecular weight excluding hydrogens is 398 g/mol. The Bertz CT molecular complexity index is 831. The summed E-state index contributed by atoms with van der Waals surface area (Å²) in [5.41, 5.74) is 0. The minimum Gasteiger partial charge on any atom is -0.492 e. The number of rotatable bonds is 7. The smallest absolute Gasteiger partial charge is 0.234 e. The van der Waals surface area contributed by atoms with Gasteiger partial charge in [-0.25, -0.2) is 4.98 Å². The molecule has 0 spiro atoms. The molecule has 29 heavy (non-hydrogen) atoms. The normalized spacial score (nSPS) is 18.2. The van der Waals surface area contributed by atoms with E-state index in [0.717, 1.165) is 31.2 Å². The maximum Gasteiger partial charge on any atom is 0.234 e. The van der Waals surface area contributed by atoms with Crippen LogP contribution in [0, 0.1) is 0 Å². The van der Waals surface area contributed by atoms with E-state index >= 15 is 0 Å². The van der Waals surface area contributed by atoms with E-state index in [4.69, 9.17) is 14.2 Å². The second-order valence-corrected chi connectivity index (χ2v) is 6.80. The number of carbonyl (C=O) groups excluding carboxylic acids is 1. The number of nitrogens with one attached hydrogen (secondary N) is 2. The summed E-state index contributed by atoms with van der Waals surface area (Å²) >= 11 is 0. The number of halogens is 1. The number of aryl methyl sites for hydroxylation is 1. The Balaban J connectivity index is 0.00000240. The quantitative estimate of drug-likeness (QED) is 0.634. The third-order valence-corrected chi connectivity index (χ3v) is 4.89. The van der Waals surface area contributed by atoms with Crippen molar-refractivity contribution in [3.8, 4) is 17.2 Å². The molecule has 10 heteroatoms. The first kappa shape index (κ1) is 21.2. The van der Waals surface area contributed by atoms with Gasteiger partial charge >= 0.3 is 0 Å². The van der Waals surface area contributed by atoms with E-state index in [9.17, 15) is 4.79 Å². The zero-order valence-electron chi connectivity index (χ0n) is 16.3. The molecule has 1 amide bonds. The zero-order chi connectivity index (χ0) is 19.3. The topological polar surface area (TPSA) is 89.9 Å². The van der Waals surface area contributed by atoms with E-state index in [2.05, 4.69) is 20.5 Å². The maximum absolute atomic E-state index is 12.4. The van der Waals surface area contributed by atoms with Gasteiger partial charge in [0, 0.05) is 45.1 Å². The molecular formula is C19H26ClN5O4. The fourth-order valence-electron chi connectivity index (χ4n) is 3.45. The number of aromatic nitrogens is 2. The monoisotopic (exact) mass is 423 g/mol. The highest BCUT2D eigenvalue weighted by atomic mass is 35.5. The Morgan fingerprint density at radius 2 is 2.24 bits per heavy atom. The number of piperazine rings is 1. The molecule has 4 rings (SSSR count). The standard InChI is InChI=1S/C19H25N5O4.ClH/c1-23-7-5-22-19(23)15-11-20-4-8-24(15)12-18(25)21-6-9-26-14-2-3-16-17(10-14)28-13-27-16;/h2-3,5,7,10,15,20H,4,6,8-9,11-13H2,1H3,(H,21,25);1H. The molecule has 9 nitrogen and oxygen atoms in total. The molecule has 1 aromatic heterocycles. The summed E-state index contributed by atoms with van der Waals surface area (Å²) in [5, 5.41) is 6.30. The minimum absolute atomic E-state index is 0. The van der Waals surface area contributed by atoms with Crippen molar-refractivity contribution < 1.29 is 19.0 Å². The SMILES string of the molecule is Cl.Cn1ccnc1C1CNCCN1CC(=O)NCCOc1ccc2c(c1)OCO2. The third-order valence-electron chi connectivity index (χ3n) is 4.89. The first-order chi connectivity index (χ1) is 13.7. The first-order valence-corrected chi connectivity index (χ1v) is 9.42. The van der Waals surface area contributed by atoms with E-state index in [-0.39, 0.29) is 31.1 Å². The van der Waals surface area contributed by atoms with Crippen molar-refractivity contribution in [1.29, 1.82) is 0 Å². The molecule has 1 fully saturated rings. The number of imidazole rings is 1. The Kier molecular flexibility index (Phi) is 7.18. The third kappa shape index (κ3) is 5.11. The van der Waals surface area contributed by atoms with Crippen LogP contribution in [0.15, 0.2) is 30.6 Å². The van der Waals surface area contributed by atoms with Gasteiger partial charge in [0.1, 0.15) is 18.2 Å². The summed E-state index contributed by atoms with van der Waals surface area (Å²) in [7, 11) is 1.97. The minimum atomic E-state index is -0.0182. The van der Waals surface area contributed by atoms with Crippen molar-refractivity contribution in [1.82, 2.24) is 25.1 Å². The van der Waals surface area contributed by atoms with Crippen LogP contribution in [0.5, 0.6) is 17.2 Å². The number of nitrogens with zero attached hydrogens (tertiary/aromatic N) is 3. The Hall–Kier alpha value is -2.49. The van der Waals surface area contributed by atoms with Crippen LogP contribution >= 0.6 is 12.4 Å². The van der Waals surface area contributed by atoms with E-state index < -0.39 is 0 Å². The molecule has 3 heterocycles. The van der Waals surface area contributed by atoms with Crippen LogP contribution in [-0.4, -0.2) is 66.5 Å². The molecule has 0 saturated carbocycles. The highest BCUT2D eigenvalue weighted by molar-refractivity contribution is 5.85. The largest absolute Gasteiger partial charge is 0.492 e. The average Bonchev–Trinajstić information content (AvgIpc) is 3.34. The van der Waals surface area contributed by atoms with Crippen molar-refractivity contribution in [2.75, 3.05) is 46.1 Å². The predicted octanol–water partition coefficient (Wildman–Crippen LogP) is 0.712. The van der Waals surface area contributed by atoms with Gasteiger partial charge in [-0.3, -0.25) is 9.69 Å². The van der Waals surface area contributed by atoms with E-state index in [1.807, 2.05) is 29.9 Å². The van der Waals surface area contributed by atoms with Gasteiger partial charge in [-0.1, -0.05) is 0 Å². The van der Waals surface area contributed by atoms with Crippen molar-refractivity contribution in [2.45, 2.75) is 6.04 Å². The van der Waals surface area contributed by atoms with Crippen molar-refractivity contribution in [2.24, 2.45) is 7.05 Å². The molecule has 2 N–H and O–H groups in total. The average molecular weight is 424 g/mol. The van der Waals surface area contributed by atoms with Gasteiger partial charge in [0.15, 0.2) is 11.5 Å². The molecule has 1 aromatic carbocycles. The zero-order valence-corrected chi connectivity index (χ0v) is 17.1. The molecule has 2 aromatic rings. The second kappa shape index (κ2) is 9.82. The molecule has 2 aliphatic rings. The first-order valence-electron chi connectivity index (χ1n) is 9.42. The van der Waals surface area contributed by atoms with Crippen LogP contribution in [0.4, 0.5) is 0 Å². The maximum atomic E-state index is 12.4. The molecule has 0 aliphatic carbocycles. The van der Waals surface area contributed by atoms with Gasteiger partial charge in [0.05, 0.1) is 19.1 Å². The Morgan fingerprint density at radius 3 is 3.07 bits per heavy atom. The van der Waals surface area contributed by atoms with Crippen LogP contribution < -0.4 is 24.8 Å². The summed E-state index contributed by atoms with van der Waals surface area (Å²) in [5.74, 6) is 3.04. The van der Waals surface area contributed by atoms with Crippen LogP contribution in [-0.2, 0) is 11.8 Å². The number of amides is 1. The number of hydrogen-bond donors (Lipinski definition) is 2. The number of fused-ring (bicyclic) bond motifs is 1. The highest BCUT2D eigenvalue weighted by Crippen LogP contribution is 2.34. The summed E-state index contributed by atoms with van der Waals surface area (Å²) < 4.78 is 18.3. The van der Waals surface area contributed by atoms with Gasteiger partial charge in [-0.15, -0.1) is 12.4 Å².